The topological polar surface area (TPSA) is 59.4 Å². The van der Waals surface area contributed by atoms with Crippen LogP contribution in [0.15, 0.2) is 30.3 Å². The van der Waals surface area contributed by atoms with Gasteiger partial charge in [-0.3, -0.25) is 14.4 Å². The van der Waals surface area contributed by atoms with Crippen molar-refractivity contribution >= 4 is 17.5 Å². The van der Waals surface area contributed by atoms with Crippen LogP contribution < -0.4 is 5.32 Å². The van der Waals surface area contributed by atoms with E-state index in [1.54, 1.807) is 7.05 Å². The highest BCUT2D eigenvalue weighted by molar-refractivity contribution is 6.33. The van der Waals surface area contributed by atoms with Gasteiger partial charge in [-0.2, -0.15) is 5.10 Å². The average molecular weight is 391 g/mol. The quantitative estimate of drug-likeness (QED) is 0.823. The number of nitrogens with one attached hydrogen (secondary N) is 1. The molecule has 1 amide bonds. The minimum absolute atomic E-state index is 0.111. The molecule has 2 atom stereocenters. The molecule has 1 saturated heterocycles. The molecule has 6 nitrogen and oxygen atoms in total. The van der Waals surface area contributed by atoms with Crippen molar-refractivity contribution in [3.8, 4) is 0 Å². The molecule has 1 N–H and O–H groups in total. The van der Waals surface area contributed by atoms with E-state index in [1.807, 2.05) is 25.1 Å². The summed E-state index contributed by atoms with van der Waals surface area (Å²) in [7, 11) is 1.74. The standard InChI is InChI=1S/C20H27ClN4O2/c1-4-15-17(19(21)24(3)23-15)20(26)22-13-16-18(14-9-7-6-8-10-14)25(5-2)11-12-27-16/h6-10,16,18H,4-5,11-13H2,1-3H3,(H,22,26)/t16-,18-/m0/s1. The van der Waals surface area contributed by atoms with Crippen LogP contribution >= 0.6 is 11.6 Å². The fourth-order valence-corrected chi connectivity index (χ4v) is 3.93. The minimum Gasteiger partial charge on any atom is -0.373 e. The molecular formula is C20H27ClN4O2. The Bertz CT molecular complexity index is 778. The van der Waals surface area contributed by atoms with Gasteiger partial charge in [0.15, 0.2) is 0 Å². The Morgan fingerprint density at radius 2 is 2.07 bits per heavy atom. The van der Waals surface area contributed by atoms with Gasteiger partial charge in [0.05, 0.1) is 30.0 Å². The Labute approximate surface area is 165 Å². The van der Waals surface area contributed by atoms with E-state index in [4.69, 9.17) is 16.3 Å². The number of halogens is 1. The first kappa shape index (κ1) is 19.9. The van der Waals surface area contributed by atoms with Crippen LogP contribution in [0.25, 0.3) is 0 Å². The van der Waals surface area contributed by atoms with E-state index in [0.717, 1.165) is 13.1 Å². The number of carbonyl (C=O) groups is 1. The smallest absolute Gasteiger partial charge is 0.256 e. The summed E-state index contributed by atoms with van der Waals surface area (Å²) < 4.78 is 7.58. The molecule has 146 valence electrons. The second kappa shape index (κ2) is 8.87. The SMILES string of the molecule is CCc1nn(C)c(Cl)c1C(=O)NC[C@@H]1OCCN(CC)[C@H]1c1ccccc1. The number of morpholine rings is 1. The molecule has 0 bridgehead atoms. The molecule has 1 aliphatic heterocycles. The van der Waals surface area contributed by atoms with Crippen LogP contribution in [0.1, 0.15) is 41.5 Å². The van der Waals surface area contributed by atoms with E-state index < -0.39 is 0 Å². The summed E-state index contributed by atoms with van der Waals surface area (Å²) in [6.45, 7) is 7.01. The molecule has 3 rings (SSSR count). The van der Waals surface area contributed by atoms with E-state index in [2.05, 4.69) is 34.4 Å². The number of ether oxygens (including phenoxy) is 1. The molecule has 1 aliphatic rings. The summed E-state index contributed by atoms with van der Waals surface area (Å²) >= 11 is 6.28. The molecule has 2 heterocycles. The number of likely N-dealkylation sites (N-methyl/N-ethyl adjacent to an activating group) is 1. The van der Waals surface area contributed by atoms with Gasteiger partial charge >= 0.3 is 0 Å². The van der Waals surface area contributed by atoms with Crippen LogP contribution in [-0.2, 0) is 18.2 Å². The van der Waals surface area contributed by atoms with Crippen LogP contribution in [0.4, 0.5) is 0 Å². The summed E-state index contributed by atoms with van der Waals surface area (Å²) in [4.78, 5) is 15.2. The Kier molecular flexibility index (Phi) is 6.52. The maximum atomic E-state index is 12.8. The van der Waals surface area contributed by atoms with Gasteiger partial charge in [-0.1, -0.05) is 55.8 Å². The van der Waals surface area contributed by atoms with E-state index >= 15 is 0 Å². The maximum absolute atomic E-state index is 12.8. The Balaban J connectivity index is 1.76. The number of aromatic nitrogens is 2. The number of benzene rings is 1. The van der Waals surface area contributed by atoms with E-state index in [1.165, 1.54) is 10.2 Å². The second-order valence-corrected chi connectivity index (χ2v) is 7.05. The first-order chi connectivity index (χ1) is 13.1. The van der Waals surface area contributed by atoms with Crippen molar-refractivity contribution < 1.29 is 9.53 Å². The number of nitrogens with zero attached hydrogens (tertiary/aromatic N) is 3. The van der Waals surface area contributed by atoms with Crippen molar-refractivity contribution in [1.82, 2.24) is 20.0 Å². The summed E-state index contributed by atoms with van der Waals surface area (Å²) in [6.07, 6.45) is 0.532. The molecule has 0 aliphatic carbocycles. The van der Waals surface area contributed by atoms with Gasteiger partial charge < -0.3 is 10.1 Å². The number of carbonyl (C=O) groups excluding carboxylic acids is 1. The Morgan fingerprint density at radius 3 is 2.74 bits per heavy atom. The predicted molar refractivity (Wildman–Crippen MR) is 106 cm³/mol. The highest BCUT2D eigenvalue weighted by atomic mass is 35.5. The molecule has 2 aromatic rings. The number of aryl methyl sites for hydroxylation is 2. The zero-order chi connectivity index (χ0) is 19.4. The normalized spacial score (nSPS) is 20.6. The third kappa shape index (κ3) is 4.18. The molecule has 0 spiro atoms. The fraction of sp³-hybridized carbons (Fsp3) is 0.500. The Morgan fingerprint density at radius 1 is 1.33 bits per heavy atom. The molecule has 7 heteroatoms. The van der Waals surface area contributed by atoms with Crippen molar-refractivity contribution in [3.63, 3.8) is 0 Å². The van der Waals surface area contributed by atoms with E-state index in [9.17, 15) is 4.79 Å². The van der Waals surface area contributed by atoms with Crippen LogP contribution in [0, 0.1) is 0 Å². The van der Waals surface area contributed by atoms with Crippen LogP contribution in [0.3, 0.4) is 0 Å². The molecule has 1 fully saturated rings. The second-order valence-electron chi connectivity index (χ2n) is 6.69. The Hall–Kier alpha value is -1.89. The van der Waals surface area contributed by atoms with Crippen LogP contribution in [-0.4, -0.2) is 52.9 Å². The van der Waals surface area contributed by atoms with E-state index in [-0.39, 0.29) is 18.1 Å². The zero-order valence-electron chi connectivity index (χ0n) is 16.1. The molecule has 0 radical (unpaired) electrons. The summed E-state index contributed by atoms with van der Waals surface area (Å²) in [5.41, 5.74) is 2.37. The summed E-state index contributed by atoms with van der Waals surface area (Å²) in [5.74, 6) is -0.200. The zero-order valence-corrected chi connectivity index (χ0v) is 16.9. The lowest BCUT2D eigenvalue weighted by Gasteiger charge is -2.41. The molecule has 0 saturated carbocycles. The summed E-state index contributed by atoms with van der Waals surface area (Å²) in [6, 6.07) is 10.4. The molecule has 0 unspecified atom stereocenters. The monoisotopic (exact) mass is 390 g/mol. The minimum atomic E-state index is -0.200. The highest BCUT2D eigenvalue weighted by Gasteiger charge is 2.33. The van der Waals surface area contributed by atoms with Gasteiger partial charge in [0.1, 0.15) is 5.15 Å². The maximum Gasteiger partial charge on any atom is 0.256 e. The number of hydrogen-bond acceptors (Lipinski definition) is 4. The van der Waals surface area contributed by atoms with E-state index in [0.29, 0.717) is 36.0 Å². The lowest BCUT2D eigenvalue weighted by Crippen LogP contribution is -2.49. The van der Waals surface area contributed by atoms with Gasteiger partial charge in [-0.15, -0.1) is 0 Å². The molecule has 27 heavy (non-hydrogen) atoms. The highest BCUT2D eigenvalue weighted by Crippen LogP contribution is 2.29. The third-order valence-corrected chi connectivity index (χ3v) is 5.51. The van der Waals surface area contributed by atoms with Gasteiger partial charge in [0.2, 0.25) is 0 Å². The summed E-state index contributed by atoms with van der Waals surface area (Å²) in [5, 5.41) is 7.69. The first-order valence-corrected chi connectivity index (χ1v) is 9.84. The van der Waals surface area contributed by atoms with Crippen molar-refractivity contribution in [3.05, 3.63) is 52.3 Å². The largest absolute Gasteiger partial charge is 0.373 e. The average Bonchev–Trinajstić information content (AvgIpc) is 3.00. The lowest BCUT2D eigenvalue weighted by molar-refractivity contribution is -0.0685. The van der Waals surface area contributed by atoms with Crippen molar-refractivity contribution in [1.29, 1.82) is 0 Å². The van der Waals surface area contributed by atoms with Crippen LogP contribution in [0.2, 0.25) is 5.15 Å². The van der Waals surface area contributed by atoms with Crippen molar-refractivity contribution in [2.45, 2.75) is 32.4 Å². The number of hydrogen-bond donors (Lipinski definition) is 1. The van der Waals surface area contributed by atoms with Crippen LogP contribution in [0.5, 0.6) is 0 Å². The lowest BCUT2D eigenvalue weighted by atomic mass is 9.97. The predicted octanol–water partition coefficient (Wildman–Crippen LogP) is 2.83. The van der Waals surface area contributed by atoms with Crippen molar-refractivity contribution in [2.24, 2.45) is 7.05 Å². The van der Waals surface area contributed by atoms with Gasteiger partial charge in [-0.05, 0) is 18.5 Å². The van der Waals surface area contributed by atoms with Gasteiger partial charge in [0.25, 0.3) is 5.91 Å². The van der Waals surface area contributed by atoms with Gasteiger partial charge in [-0.25, -0.2) is 0 Å². The fourth-order valence-electron chi connectivity index (χ4n) is 3.70. The third-order valence-electron chi connectivity index (χ3n) is 5.08. The molecule has 1 aromatic carbocycles. The number of amides is 1. The first-order valence-electron chi connectivity index (χ1n) is 9.46. The van der Waals surface area contributed by atoms with Gasteiger partial charge in [0, 0.05) is 20.1 Å². The molecule has 1 aromatic heterocycles. The number of rotatable bonds is 6. The molecular weight excluding hydrogens is 364 g/mol. The van der Waals surface area contributed by atoms with Crippen molar-refractivity contribution in [2.75, 3.05) is 26.2 Å².